The lowest BCUT2D eigenvalue weighted by Gasteiger charge is -2.38. The molecular weight excluding hydrogens is 610 g/mol. The van der Waals surface area contributed by atoms with Crippen LogP contribution in [-0.4, -0.2) is 97.8 Å². The van der Waals surface area contributed by atoms with Gasteiger partial charge in [-0.25, -0.2) is 0 Å². The zero-order chi connectivity index (χ0) is 33.9. The fraction of sp³-hybridized carbons (Fsp3) is 0.561. The maximum absolute atomic E-state index is 13.4. The quantitative estimate of drug-likeness (QED) is 0.163. The lowest BCUT2D eigenvalue weighted by Crippen LogP contribution is -2.49. The summed E-state index contributed by atoms with van der Waals surface area (Å²) in [5, 5.41) is 0. The topological polar surface area (TPSA) is 84.2 Å². The Kier molecular flexibility index (Phi) is 12.7. The highest BCUT2D eigenvalue weighted by Crippen LogP contribution is 2.43. The van der Waals surface area contributed by atoms with Gasteiger partial charge in [-0.15, -0.1) is 0 Å². The molecule has 2 saturated heterocycles. The first-order chi connectivity index (χ1) is 24.1. The molecule has 0 bridgehead atoms. The van der Waals surface area contributed by atoms with E-state index in [0.717, 1.165) is 108 Å². The number of carbonyl (C=O) groups is 1. The Morgan fingerprint density at radius 2 is 1.57 bits per heavy atom. The fourth-order valence-corrected chi connectivity index (χ4v) is 8.39. The molecule has 2 aliphatic heterocycles. The van der Waals surface area contributed by atoms with E-state index in [2.05, 4.69) is 43.9 Å². The maximum atomic E-state index is 13.4. The third kappa shape index (κ3) is 9.09. The van der Waals surface area contributed by atoms with E-state index in [-0.39, 0.29) is 11.8 Å². The highest BCUT2D eigenvalue weighted by Gasteiger charge is 2.49. The van der Waals surface area contributed by atoms with Gasteiger partial charge in [0.1, 0.15) is 11.2 Å². The summed E-state index contributed by atoms with van der Waals surface area (Å²) in [6.45, 7) is 10.00. The van der Waals surface area contributed by atoms with Crippen LogP contribution in [-0.2, 0) is 21.5 Å². The average Bonchev–Trinajstić information content (AvgIpc) is 3.84. The molecule has 1 aromatic heterocycles. The Hall–Kier alpha value is -3.30. The van der Waals surface area contributed by atoms with E-state index in [0.29, 0.717) is 6.04 Å². The van der Waals surface area contributed by atoms with Gasteiger partial charge in [0.05, 0.1) is 13.7 Å². The van der Waals surface area contributed by atoms with E-state index in [1.165, 1.54) is 37.8 Å². The third-order valence-corrected chi connectivity index (χ3v) is 11.3. The summed E-state index contributed by atoms with van der Waals surface area (Å²) in [5.74, 6) is 1.71. The molecule has 3 heterocycles. The lowest BCUT2D eigenvalue weighted by molar-refractivity contribution is -0.123. The van der Waals surface area contributed by atoms with Crippen molar-refractivity contribution in [2.45, 2.75) is 69.4 Å². The summed E-state index contributed by atoms with van der Waals surface area (Å²) in [6, 6.07) is 22.9. The number of likely N-dealkylation sites (tertiary alicyclic amines) is 2. The molecule has 2 aromatic carbocycles. The first-order valence-electron chi connectivity index (χ1n) is 18.7. The number of pyridine rings is 1. The number of hydrogen-bond acceptors (Lipinski definition) is 7. The monoisotopic (exact) mass is 667 g/mol. The molecule has 8 nitrogen and oxygen atoms in total. The van der Waals surface area contributed by atoms with Gasteiger partial charge in [-0.3, -0.25) is 19.6 Å². The minimum absolute atomic E-state index is 0.147. The molecule has 1 amide bonds. The molecule has 1 atom stereocenters. The van der Waals surface area contributed by atoms with Gasteiger partial charge in [0.15, 0.2) is 0 Å². The number of nitrogens with zero attached hydrogens (tertiary/aromatic N) is 4. The highest BCUT2D eigenvalue weighted by atomic mass is 16.5. The van der Waals surface area contributed by atoms with Crippen molar-refractivity contribution in [3.8, 4) is 5.75 Å². The Balaban J connectivity index is 0.900. The van der Waals surface area contributed by atoms with Crippen LogP contribution in [0.5, 0.6) is 5.75 Å². The van der Waals surface area contributed by atoms with E-state index < -0.39 is 5.41 Å². The molecule has 1 aliphatic carbocycles. The lowest BCUT2D eigenvalue weighted by atomic mass is 9.64. The van der Waals surface area contributed by atoms with Gasteiger partial charge in [0, 0.05) is 56.8 Å². The number of carbonyl (C=O) groups excluding carboxylic acids is 1. The van der Waals surface area contributed by atoms with Crippen LogP contribution < -0.4 is 10.5 Å². The van der Waals surface area contributed by atoms with Gasteiger partial charge in [-0.05, 0) is 107 Å². The smallest absolute Gasteiger partial charge is 0.232 e. The Labute approximate surface area is 294 Å². The zero-order valence-electron chi connectivity index (χ0n) is 29.6. The van der Waals surface area contributed by atoms with Gasteiger partial charge >= 0.3 is 0 Å². The molecule has 264 valence electrons. The van der Waals surface area contributed by atoms with Crippen LogP contribution in [0, 0.1) is 11.8 Å². The van der Waals surface area contributed by atoms with Crippen LogP contribution in [0.2, 0.25) is 0 Å². The van der Waals surface area contributed by atoms with Crippen molar-refractivity contribution >= 4 is 5.91 Å². The van der Waals surface area contributed by atoms with Crippen LogP contribution in [0.1, 0.15) is 68.1 Å². The highest BCUT2D eigenvalue weighted by molar-refractivity contribution is 5.91. The number of benzene rings is 2. The second-order valence-electron chi connectivity index (χ2n) is 14.5. The van der Waals surface area contributed by atoms with Crippen molar-refractivity contribution in [3.63, 3.8) is 0 Å². The minimum atomic E-state index is -0.816. The van der Waals surface area contributed by atoms with Gasteiger partial charge < -0.3 is 20.1 Å². The number of rotatable bonds is 19. The van der Waals surface area contributed by atoms with E-state index in [1.54, 1.807) is 13.3 Å². The third-order valence-electron chi connectivity index (χ3n) is 11.3. The maximum Gasteiger partial charge on any atom is 0.232 e. The van der Waals surface area contributed by atoms with Crippen molar-refractivity contribution in [1.82, 2.24) is 19.7 Å². The van der Waals surface area contributed by atoms with Gasteiger partial charge in [-0.1, -0.05) is 60.7 Å². The number of hydrogen-bond donors (Lipinski definition) is 1. The first-order valence-corrected chi connectivity index (χ1v) is 18.7. The Bertz CT molecular complexity index is 1390. The van der Waals surface area contributed by atoms with Crippen LogP contribution in [0.4, 0.5) is 0 Å². The number of primary amides is 1. The molecule has 3 aliphatic rings. The van der Waals surface area contributed by atoms with E-state index in [4.69, 9.17) is 15.2 Å². The molecule has 49 heavy (non-hydrogen) atoms. The predicted molar refractivity (Wildman–Crippen MR) is 195 cm³/mol. The summed E-state index contributed by atoms with van der Waals surface area (Å²) in [6.07, 6.45) is 13.3. The summed E-state index contributed by atoms with van der Waals surface area (Å²) < 4.78 is 11.8. The standard InChI is InChI=1S/C41H57N5O3/c1-48-39-17-21-43-29-34(39)31-45-24-19-38(20-25-45)46(30-33-15-16-33)26-28-49-27-10-4-9-22-44-23-18-37(32-44)41(40(42)47,35-11-5-2-6-12-35)36-13-7-3-8-14-36/h2-3,5-8,11-14,17,21,29,33,37-38H,4,9-10,15-16,18-20,22-28,30-32H2,1H3,(H2,42,47)/t37-/m1/s1. The number of piperidine rings is 1. The van der Waals surface area contributed by atoms with Crippen molar-refractivity contribution < 1.29 is 14.3 Å². The fourth-order valence-electron chi connectivity index (χ4n) is 8.39. The van der Waals surface area contributed by atoms with Crippen molar-refractivity contribution in [1.29, 1.82) is 0 Å². The molecule has 0 spiro atoms. The van der Waals surface area contributed by atoms with Gasteiger partial charge in [0.25, 0.3) is 0 Å². The molecular formula is C41H57N5O3. The number of nitrogens with two attached hydrogens (primary N) is 1. The van der Waals surface area contributed by atoms with Crippen molar-refractivity contribution in [3.05, 3.63) is 95.8 Å². The minimum Gasteiger partial charge on any atom is -0.496 e. The summed E-state index contributed by atoms with van der Waals surface area (Å²) >= 11 is 0. The molecule has 6 rings (SSSR count). The number of unbranched alkanes of at least 4 members (excludes halogenated alkanes) is 2. The molecule has 1 saturated carbocycles. The first kappa shape index (κ1) is 35.5. The van der Waals surface area contributed by atoms with Crippen LogP contribution in [0.3, 0.4) is 0 Å². The number of aromatic nitrogens is 1. The summed E-state index contributed by atoms with van der Waals surface area (Å²) in [5.41, 5.74) is 8.65. The molecule has 8 heteroatoms. The van der Waals surface area contributed by atoms with Crippen LogP contribution >= 0.6 is 0 Å². The SMILES string of the molecule is COc1ccncc1CN1CCC(N(CCOCCCCCN2CC[C@@H](C(C(N)=O)(c3ccccc3)c3ccccc3)C2)CC2CC2)CC1. The molecule has 0 radical (unpaired) electrons. The van der Waals surface area contributed by atoms with Crippen LogP contribution in [0.15, 0.2) is 79.1 Å². The number of methoxy groups -OCH3 is 1. The molecule has 2 N–H and O–H groups in total. The van der Waals surface area contributed by atoms with E-state index >= 15 is 0 Å². The van der Waals surface area contributed by atoms with Gasteiger partial charge in [0.2, 0.25) is 5.91 Å². The van der Waals surface area contributed by atoms with E-state index in [9.17, 15) is 4.79 Å². The number of ether oxygens (including phenoxy) is 2. The normalized spacial score (nSPS) is 19.4. The van der Waals surface area contributed by atoms with E-state index in [1.807, 2.05) is 48.7 Å². The number of amides is 1. The largest absolute Gasteiger partial charge is 0.496 e. The van der Waals surface area contributed by atoms with Crippen molar-refractivity contribution in [2.75, 3.05) is 66.1 Å². The molecule has 3 aromatic rings. The van der Waals surface area contributed by atoms with Gasteiger partial charge in [-0.2, -0.15) is 0 Å². The summed E-state index contributed by atoms with van der Waals surface area (Å²) in [4.78, 5) is 25.5. The zero-order valence-corrected chi connectivity index (χ0v) is 29.6. The summed E-state index contributed by atoms with van der Waals surface area (Å²) in [7, 11) is 1.74. The molecule has 3 fully saturated rings. The predicted octanol–water partition coefficient (Wildman–Crippen LogP) is 5.75. The Morgan fingerprint density at radius 1 is 0.878 bits per heavy atom. The van der Waals surface area contributed by atoms with Crippen molar-refractivity contribution in [2.24, 2.45) is 17.6 Å². The second kappa shape index (κ2) is 17.6. The second-order valence-corrected chi connectivity index (χ2v) is 14.5. The van der Waals surface area contributed by atoms with Crippen LogP contribution in [0.25, 0.3) is 0 Å². The Morgan fingerprint density at radius 3 is 2.22 bits per heavy atom. The molecule has 0 unspecified atom stereocenters. The average molecular weight is 668 g/mol.